The monoisotopic (exact) mass is 310 g/mol. The number of nitrogens with zero attached hydrogens (tertiary/aromatic N) is 1. The lowest BCUT2D eigenvalue weighted by molar-refractivity contribution is 0.211. The van der Waals surface area contributed by atoms with E-state index in [9.17, 15) is 8.78 Å². The van der Waals surface area contributed by atoms with Crippen molar-refractivity contribution in [1.82, 2.24) is 4.90 Å². The quantitative estimate of drug-likeness (QED) is 0.881. The number of benzene rings is 1. The topological polar surface area (TPSA) is 15.3 Å². The lowest BCUT2D eigenvalue weighted by Gasteiger charge is -2.37. The molecule has 1 fully saturated rings. The minimum atomic E-state index is -0.538. The van der Waals surface area contributed by atoms with Crippen molar-refractivity contribution < 1.29 is 8.78 Å². The first-order valence-corrected chi connectivity index (χ1v) is 8.12. The molecule has 0 saturated heterocycles. The average Bonchev–Trinajstić information content (AvgIpc) is 2.36. The predicted molar refractivity (Wildman–Crippen MR) is 88.4 cm³/mol. The van der Waals surface area contributed by atoms with E-state index in [4.69, 9.17) is 0 Å². The molecule has 2 atom stereocenters. The summed E-state index contributed by atoms with van der Waals surface area (Å²) in [5.74, 6) is -0.931. The van der Waals surface area contributed by atoms with Gasteiger partial charge in [0.05, 0.1) is 0 Å². The largest absolute Gasteiger partial charge is 0.381 e. The zero-order valence-electron chi connectivity index (χ0n) is 14.3. The Morgan fingerprint density at radius 3 is 2.09 bits per heavy atom. The van der Waals surface area contributed by atoms with Crippen LogP contribution in [0.1, 0.15) is 52.0 Å². The van der Waals surface area contributed by atoms with Crippen molar-refractivity contribution in [2.24, 2.45) is 0 Å². The van der Waals surface area contributed by atoms with Crippen LogP contribution in [0.3, 0.4) is 0 Å². The Labute approximate surface area is 132 Å². The van der Waals surface area contributed by atoms with Crippen LogP contribution in [0.5, 0.6) is 0 Å². The summed E-state index contributed by atoms with van der Waals surface area (Å²) >= 11 is 0. The maximum Gasteiger partial charge on any atom is 0.131 e. The molecule has 2 nitrogen and oxygen atoms in total. The lowest BCUT2D eigenvalue weighted by atomic mass is 9.85. The summed E-state index contributed by atoms with van der Waals surface area (Å²) in [4.78, 5) is 2.20. The van der Waals surface area contributed by atoms with E-state index in [0.29, 0.717) is 11.7 Å². The van der Waals surface area contributed by atoms with Crippen LogP contribution in [0.4, 0.5) is 14.5 Å². The first-order valence-electron chi connectivity index (χ1n) is 8.12. The molecule has 124 valence electrons. The second-order valence-electron chi connectivity index (χ2n) is 7.63. The molecule has 0 unspecified atom stereocenters. The molecule has 1 aromatic rings. The Morgan fingerprint density at radius 2 is 1.59 bits per heavy atom. The fourth-order valence-corrected chi connectivity index (χ4v) is 3.48. The van der Waals surface area contributed by atoms with Gasteiger partial charge in [0, 0.05) is 23.3 Å². The summed E-state index contributed by atoms with van der Waals surface area (Å²) in [6, 6.07) is 3.51. The van der Waals surface area contributed by atoms with Crippen molar-refractivity contribution in [3.8, 4) is 0 Å². The van der Waals surface area contributed by atoms with Gasteiger partial charge in [-0.25, -0.2) is 8.78 Å². The predicted octanol–water partition coefficient (Wildman–Crippen LogP) is 4.55. The van der Waals surface area contributed by atoms with E-state index in [1.807, 2.05) is 20.8 Å². The molecule has 0 aliphatic heterocycles. The number of hydrogen-bond donors (Lipinski definition) is 1. The molecule has 0 radical (unpaired) electrons. The van der Waals surface area contributed by atoms with Gasteiger partial charge in [0.15, 0.2) is 0 Å². The smallest absolute Gasteiger partial charge is 0.131 e. The van der Waals surface area contributed by atoms with E-state index in [-0.39, 0.29) is 11.6 Å². The van der Waals surface area contributed by atoms with E-state index in [0.717, 1.165) is 19.3 Å². The van der Waals surface area contributed by atoms with Crippen LogP contribution in [0.25, 0.3) is 0 Å². The van der Waals surface area contributed by atoms with Gasteiger partial charge in [-0.15, -0.1) is 0 Å². The molecule has 0 spiro atoms. The molecule has 1 saturated carbocycles. The summed E-state index contributed by atoms with van der Waals surface area (Å²) in [5, 5.41) is 3.35. The Kier molecular flexibility index (Phi) is 5.10. The molecular formula is C18H28F2N2. The van der Waals surface area contributed by atoms with Gasteiger partial charge in [-0.3, -0.25) is 0 Å². The van der Waals surface area contributed by atoms with E-state index >= 15 is 0 Å². The Morgan fingerprint density at radius 1 is 1.05 bits per heavy atom. The van der Waals surface area contributed by atoms with Crippen molar-refractivity contribution in [2.75, 3.05) is 19.4 Å². The normalized spacial score (nSPS) is 22.9. The fraction of sp³-hybridized carbons (Fsp3) is 0.667. The summed E-state index contributed by atoms with van der Waals surface area (Å²) in [6.45, 7) is 5.47. The SMILES string of the molecule is CN(C)[C@H]1CCCC[C@@H]1Nc1cc(F)c(C(C)(C)C)c(F)c1. The summed E-state index contributed by atoms with van der Waals surface area (Å²) < 4.78 is 28.7. The number of halogens is 2. The van der Waals surface area contributed by atoms with Gasteiger partial charge in [-0.2, -0.15) is 0 Å². The fourth-order valence-electron chi connectivity index (χ4n) is 3.48. The van der Waals surface area contributed by atoms with Crippen molar-refractivity contribution >= 4 is 5.69 Å². The number of likely N-dealkylation sites (N-methyl/N-ethyl adjacent to an activating group) is 1. The van der Waals surface area contributed by atoms with Crippen molar-refractivity contribution in [1.29, 1.82) is 0 Å². The second-order valence-corrected chi connectivity index (χ2v) is 7.63. The van der Waals surface area contributed by atoms with Gasteiger partial charge in [0.1, 0.15) is 11.6 Å². The van der Waals surface area contributed by atoms with Crippen LogP contribution in [0.2, 0.25) is 0 Å². The molecule has 1 aliphatic carbocycles. The lowest BCUT2D eigenvalue weighted by Crippen LogP contribution is -2.45. The molecule has 1 aromatic carbocycles. The summed E-state index contributed by atoms with van der Waals surface area (Å²) in [6.07, 6.45) is 4.53. The maximum atomic E-state index is 14.3. The molecule has 1 aliphatic rings. The van der Waals surface area contributed by atoms with Crippen molar-refractivity contribution in [2.45, 2.75) is 64.0 Å². The molecule has 0 aromatic heterocycles. The zero-order chi connectivity index (χ0) is 16.5. The summed E-state index contributed by atoms with van der Waals surface area (Å²) in [7, 11) is 4.13. The van der Waals surface area contributed by atoms with Crippen molar-refractivity contribution in [3.05, 3.63) is 29.3 Å². The molecule has 1 N–H and O–H groups in total. The minimum absolute atomic E-state index is 0.158. The Bertz CT molecular complexity index is 497. The third-order valence-electron chi connectivity index (χ3n) is 4.54. The molecular weight excluding hydrogens is 282 g/mol. The van der Waals surface area contributed by atoms with Gasteiger partial charge in [0.25, 0.3) is 0 Å². The second kappa shape index (κ2) is 6.53. The van der Waals surface area contributed by atoms with Crippen molar-refractivity contribution in [3.63, 3.8) is 0 Å². The van der Waals surface area contributed by atoms with Gasteiger partial charge in [-0.05, 0) is 44.5 Å². The molecule has 4 heteroatoms. The minimum Gasteiger partial charge on any atom is -0.381 e. The average molecular weight is 310 g/mol. The van der Waals surface area contributed by atoms with E-state index in [2.05, 4.69) is 24.3 Å². The van der Waals surface area contributed by atoms with Crippen LogP contribution in [-0.4, -0.2) is 31.1 Å². The van der Waals surface area contributed by atoms with Gasteiger partial charge in [-0.1, -0.05) is 33.6 Å². The third kappa shape index (κ3) is 3.78. The van der Waals surface area contributed by atoms with Gasteiger partial charge in [0.2, 0.25) is 0 Å². The Balaban J connectivity index is 2.23. The first kappa shape index (κ1) is 17.2. The Hall–Kier alpha value is -1.16. The number of anilines is 1. The third-order valence-corrected chi connectivity index (χ3v) is 4.54. The molecule has 22 heavy (non-hydrogen) atoms. The van der Waals surface area contributed by atoms with Crippen LogP contribution in [0.15, 0.2) is 12.1 Å². The van der Waals surface area contributed by atoms with E-state index in [1.165, 1.54) is 18.6 Å². The standard InChI is InChI=1S/C18H28F2N2/c1-18(2,3)17-13(19)10-12(11-14(17)20)21-15-8-6-7-9-16(15)22(4)5/h10-11,15-16,21H,6-9H2,1-5H3/t15-,16-/m0/s1. The highest BCUT2D eigenvalue weighted by Crippen LogP contribution is 2.31. The number of hydrogen-bond acceptors (Lipinski definition) is 2. The van der Waals surface area contributed by atoms with Crippen LogP contribution >= 0.6 is 0 Å². The van der Waals surface area contributed by atoms with E-state index < -0.39 is 17.0 Å². The molecule has 0 amide bonds. The zero-order valence-corrected chi connectivity index (χ0v) is 14.3. The maximum absolute atomic E-state index is 14.3. The molecule has 0 heterocycles. The van der Waals surface area contributed by atoms with Crippen LogP contribution < -0.4 is 5.32 Å². The molecule has 0 bridgehead atoms. The van der Waals surface area contributed by atoms with Crippen LogP contribution in [-0.2, 0) is 5.41 Å². The highest BCUT2D eigenvalue weighted by Gasteiger charge is 2.28. The number of rotatable bonds is 3. The molecule has 2 rings (SSSR count). The van der Waals surface area contributed by atoms with E-state index in [1.54, 1.807) is 0 Å². The first-order chi connectivity index (χ1) is 10.2. The number of nitrogens with one attached hydrogen (secondary N) is 1. The van der Waals surface area contributed by atoms with Gasteiger partial charge < -0.3 is 10.2 Å². The van der Waals surface area contributed by atoms with Gasteiger partial charge >= 0.3 is 0 Å². The highest BCUT2D eigenvalue weighted by atomic mass is 19.1. The van der Waals surface area contributed by atoms with Crippen LogP contribution in [0, 0.1) is 11.6 Å². The summed E-state index contributed by atoms with van der Waals surface area (Å²) in [5.41, 5.74) is 0.163. The highest BCUT2D eigenvalue weighted by molar-refractivity contribution is 5.48.